The molecule has 0 radical (unpaired) electrons. The largest absolute Gasteiger partial charge is 0.0622 e. The molecule has 0 nitrogen and oxygen atoms in total. The normalized spacial score (nSPS) is 11.6. The van der Waals surface area contributed by atoms with Crippen molar-refractivity contribution < 1.29 is 0 Å². The van der Waals surface area contributed by atoms with Gasteiger partial charge in [0, 0.05) is 0 Å². The second kappa shape index (κ2) is 15.6. The monoisotopic (exact) mass is 834 g/mol. The van der Waals surface area contributed by atoms with E-state index in [-0.39, 0.29) is 0 Å². The highest BCUT2D eigenvalue weighted by Crippen LogP contribution is 2.49. The van der Waals surface area contributed by atoms with Crippen molar-refractivity contribution in [3.05, 3.63) is 255 Å². The molecule has 0 saturated carbocycles. The molecule has 0 aliphatic heterocycles. The molecule has 0 unspecified atom stereocenters. The van der Waals surface area contributed by atoms with Crippen LogP contribution < -0.4 is 0 Å². The van der Waals surface area contributed by atoms with Gasteiger partial charge in [-0.3, -0.25) is 0 Å². The Morgan fingerprint density at radius 2 is 0.394 bits per heavy atom. The zero-order valence-corrected chi connectivity index (χ0v) is 36.2. The van der Waals surface area contributed by atoms with Crippen LogP contribution in [0.25, 0.3) is 131 Å². The first-order valence-electron chi connectivity index (χ1n) is 22.9. The highest BCUT2D eigenvalue weighted by Gasteiger charge is 2.22. The van der Waals surface area contributed by atoms with Crippen LogP contribution in [-0.4, -0.2) is 0 Å². The van der Waals surface area contributed by atoms with Crippen LogP contribution in [0.1, 0.15) is 0 Å². The van der Waals surface area contributed by atoms with Crippen LogP contribution in [0, 0.1) is 0 Å². The van der Waals surface area contributed by atoms with Gasteiger partial charge in [-0.15, -0.1) is 0 Å². The number of benzene rings is 13. The van der Waals surface area contributed by atoms with E-state index in [1.807, 2.05) is 0 Å². The van der Waals surface area contributed by atoms with Gasteiger partial charge in [-0.05, 0) is 192 Å². The van der Waals surface area contributed by atoms with E-state index in [9.17, 15) is 0 Å². The van der Waals surface area contributed by atoms with Crippen LogP contribution in [0.4, 0.5) is 0 Å². The predicted octanol–water partition coefficient (Wildman–Crippen LogP) is 18.6. The molecule has 0 spiro atoms. The Morgan fingerprint density at radius 1 is 0.136 bits per heavy atom. The van der Waals surface area contributed by atoms with Crippen molar-refractivity contribution in [2.45, 2.75) is 0 Å². The number of rotatable bonds is 6. The summed E-state index contributed by atoms with van der Waals surface area (Å²) in [6.45, 7) is 0. The average molecular weight is 835 g/mol. The van der Waals surface area contributed by atoms with E-state index < -0.39 is 0 Å². The summed E-state index contributed by atoms with van der Waals surface area (Å²) < 4.78 is 0. The lowest BCUT2D eigenvalue weighted by Gasteiger charge is -2.22. The zero-order chi connectivity index (χ0) is 43.6. The molecule has 0 heteroatoms. The molecule has 0 aliphatic rings. The average Bonchev–Trinajstić information content (AvgIpc) is 3.40. The fraction of sp³-hybridized carbons (Fsp3) is 0. The smallest absolute Gasteiger partial charge is 0.00257 e. The van der Waals surface area contributed by atoms with Crippen LogP contribution in [0.5, 0.6) is 0 Å². The maximum absolute atomic E-state index is 2.54. The van der Waals surface area contributed by atoms with E-state index in [4.69, 9.17) is 0 Å². The van der Waals surface area contributed by atoms with Crippen molar-refractivity contribution in [3.8, 4) is 66.8 Å². The highest BCUT2D eigenvalue weighted by atomic mass is 14.2. The van der Waals surface area contributed by atoms with E-state index in [0.717, 1.165) is 0 Å². The number of hydrogen-bond acceptors (Lipinski definition) is 0. The second-order valence-corrected chi connectivity index (χ2v) is 17.6. The highest BCUT2D eigenvalue weighted by molar-refractivity contribution is 6.32. The van der Waals surface area contributed by atoms with Crippen LogP contribution in [-0.2, 0) is 0 Å². The minimum atomic E-state index is 1.19. The van der Waals surface area contributed by atoms with Crippen LogP contribution in [0.2, 0.25) is 0 Å². The minimum Gasteiger partial charge on any atom is -0.0622 e. The van der Waals surface area contributed by atoms with Crippen LogP contribution in [0.3, 0.4) is 0 Å². The molecular formula is C66H42. The predicted molar refractivity (Wildman–Crippen MR) is 284 cm³/mol. The van der Waals surface area contributed by atoms with Gasteiger partial charge in [0.05, 0.1) is 0 Å². The molecule has 13 rings (SSSR count). The molecule has 0 atom stereocenters. The molecule has 306 valence electrons. The van der Waals surface area contributed by atoms with Crippen molar-refractivity contribution in [1.29, 1.82) is 0 Å². The van der Waals surface area contributed by atoms with Gasteiger partial charge in [-0.2, -0.15) is 0 Å². The molecule has 0 aromatic heterocycles. The standard InChI is InChI=1S/C66H42/c1-5-19-43(20-6-1)49-33-50(44-21-7-2-8-22-44)36-53(35-49)65-57-31-17-18-32-58(57)66(54-37-51(45-23-9-3-10-24-45)34-52(38-54)46-25-11-4-12-26-46)64-42-62-60-40-48-28-14-13-27-47(48)39-59(60)55-29-15-16-30-56(55)61(62)41-63(64)65/h1-42H. The quantitative estimate of drug-likeness (QED) is 0.116. The molecule has 0 amide bonds. The summed E-state index contributed by atoms with van der Waals surface area (Å²) in [4.78, 5) is 0. The Morgan fingerprint density at radius 3 is 0.758 bits per heavy atom. The summed E-state index contributed by atoms with van der Waals surface area (Å²) in [6, 6.07) is 94.5. The Bertz CT molecular complexity index is 3880. The third-order valence-electron chi connectivity index (χ3n) is 13.7. The zero-order valence-electron chi connectivity index (χ0n) is 36.2. The molecule has 13 aromatic carbocycles. The minimum absolute atomic E-state index is 1.19. The molecule has 0 saturated heterocycles. The van der Waals surface area contributed by atoms with Gasteiger partial charge in [0.1, 0.15) is 0 Å². The van der Waals surface area contributed by atoms with Gasteiger partial charge in [0.15, 0.2) is 0 Å². The van der Waals surface area contributed by atoms with Crippen molar-refractivity contribution in [1.82, 2.24) is 0 Å². The third-order valence-corrected chi connectivity index (χ3v) is 13.7. The molecule has 0 fully saturated rings. The Kier molecular flexibility index (Phi) is 8.96. The first-order chi connectivity index (χ1) is 32.7. The van der Waals surface area contributed by atoms with E-state index in [1.165, 1.54) is 131 Å². The first-order valence-corrected chi connectivity index (χ1v) is 22.9. The van der Waals surface area contributed by atoms with Crippen molar-refractivity contribution in [3.63, 3.8) is 0 Å². The van der Waals surface area contributed by atoms with Crippen molar-refractivity contribution in [2.75, 3.05) is 0 Å². The van der Waals surface area contributed by atoms with Crippen molar-refractivity contribution >= 4 is 64.6 Å². The molecule has 13 aromatic rings. The maximum Gasteiger partial charge on any atom is -0.00257 e. The Balaban J connectivity index is 1.23. The van der Waals surface area contributed by atoms with Gasteiger partial charge >= 0.3 is 0 Å². The van der Waals surface area contributed by atoms with E-state index >= 15 is 0 Å². The first kappa shape index (κ1) is 37.9. The third kappa shape index (κ3) is 6.38. The molecular weight excluding hydrogens is 793 g/mol. The van der Waals surface area contributed by atoms with Crippen LogP contribution >= 0.6 is 0 Å². The summed E-state index contributed by atoms with van der Waals surface area (Å²) in [7, 11) is 0. The van der Waals surface area contributed by atoms with Gasteiger partial charge in [0.25, 0.3) is 0 Å². The van der Waals surface area contributed by atoms with Gasteiger partial charge < -0.3 is 0 Å². The topological polar surface area (TPSA) is 0 Å². The molecule has 0 aliphatic carbocycles. The van der Waals surface area contributed by atoms with E-state index in [2.05, 4.69) is 255 Å². The molecule has 0 bridgehead atoms. The van der Waals surface area contributed by atoms with Crippen molar-refractivity contribution in [2.24, 2.45) is 0 Å². The van der Waals surface area contributed by atoms with Gasteiger partial charge in [0.2, 0.25) is 0 Å². The second-order valence-electron chi connectivity index (χ2n) is 17.6. The van der Waals surface area contributed by atoms with Crippen LogP contribution in [0.15, 0.2) is 255 Å². The summed E-state index contributed by atoms with van der Waals surface area (Å²) >= 11 is 0. The Hall–Kier alpha value is -8.58. The number of hydrogen-bond donors (Lipinski definition) is 0. The molecule has 0 heterocycles. The maximum atomic E-state index is 2.54. The van der Waals surface area contributed by atoms with Gasteiger partial charge in [-0.1, -0.05) is 194 Å². The van der Waals surface area contributed by atoms with Gasteiger partial charge in [-0.25, -0.2) is 0 Å². The Labute approximate surface area is 384 Å². The van der Waals surface area contributed by atoms with E-state index in [0.29, 0.717) is 0 Å². The fourth-order valence-electron chi connectivity index (χ4n) is 10.7. The summed E-state index contributed by atoms with van der Waals surface area (Å²) in [5.41, 5.74) is 14.4. The summed E-state index contributed by atoms with van der Waals surface area (Å²) in [5, 5.41) is 15.0. The summed E-state index contributed by atoms with van der Waals surface area (Å²) in [6.07, 6.45) is 0. The lowest BCUT2D eigenvalue weighted by atomic mass is 9.81. The fourth-order valence-corrected chi connectivity index (χ4v) is 10.7. The lowest BCUT2D eigenvalue weighted by molar-refractivity contribution is 1.58. The van der Waals surface area contributed by atoms with E-state index in [1.54, 1.807) is 0 Å². The molecule has 66 heavy (non-hydrogen) atoms. The SMILES string of the molecule is c1ccc(-c2cc(-c3ccccc3)cc(-c3c4ccccc4c(-c4cc(-c5ccccc5)cc(-c5ccccc5)c4)c4cc5c6cc7ccccc7cc6c6ccccc6c5cc34)c2)cc1. The number of fused-ring (bicyclic) bond motifs is 9. The summed E-state index contributed by atoms with van der Waals surface area (Å²) in [5.74, 6) is 0. The lowest BCUT2D eigenvalue weighted by Crippen LogP contribution is -1.94. The molecule has 0 N–H and O–H groups in total.